The Morgan fingerprint density at radius 2 is 2.32 bits per heavy atom. The summed E-state index contributed by atoms with van der Waals surface area (Å²) in [7, 11) is 0. The number of nitrogens with zero attached hydrogens (tertiary/aromatic N) is 2. The molecule has 106 valence electrons. The number of pyridine rings is 1. The molecule has 0 bridgehead atoms. The molecule has 1 fully saturated rings. The zero-order chi connectivity index (χ0) is 13.7. The van der Waals surface area contributed by atoms with Gasteiger partial charge in [0.15, 0.2) is 0 Å². The number of nitrogens with one attached hydrogen (secondary N) is 1. The van der Waals surface area contributed by atoms with Gasteiger partial charge in [0.2, 0.25) is 0 Å². The standard InChI is InChI=1S/C15H25N3O/c1-15(2)11-17-14(6-8-19)10-18(12-15)9-13-5-3-4-7-16-13/h3-5,7,14,17,19H,6,8-12H2,1-2H3. The fourth-order valence-electron chi connectivity index (χ4n) is 2.71. The van der Waals surface area contributed by atoms with Gasteiger partial charge in [-0.2, -0.15) is 0 Å². The van der Waals surface area contributed by atoms with Crippen LogP contribution in [0, 0.1) is 5.41 Å². The quantitative estimate of drug-likeness (QED) is 0.859. The number of aromatic nitrogens is 1. The molecular formula is C15H25N3O. The Bertz CT molecular complexity index is 380. The summed E-state index contributed by atoms with van der Waals surface area (Å²) in [6.07, 6.45) is 2.66. The lowest BCUT2D eigenvalue weighted by Crippen LogP contribution is -2.38. The van der Waals surface area contributed by atoms with E-state index in [4.69, 9.17) is 5.11 Å². The first kappa shape index (κ1) is 14.4. The summed E-state index contributed by atoms with van der Waals surface area (Å²) in [6.45, 7) is 8.72. The Hall–Kier alpha value is -0.970. The van der Waals surface area contributed by atoms with Crippen LogP contribution in [0.5, 0.6) is 0 Å². The second kappa shape index (κ2) is 6.46. The van der Waals surface area contributed by atoms with Gasteiger partial charge in [-0.1, -0.05) is 19.9 Å². The normalized spacial score (nSPS) is 24.1. The van der Waals surface area contributed by atoms with Gasteiger partial charge in [-0.25, -0.2) is 0 Å². The molecule has 1 aliphatic rings. The van der Waals surface area contributed by atoms with Crippen LogP contribution in [0.25, 0.3) is 0 Å². The largest absolute Gasteiger partial charge is 0.396 e. The Labute approximate surface area is 115 Å². The second-order valence-corrected chi connectivity index (χ2v) is 6.25. The molecule has 2 heterocycles. The molecule has 0 spiro atoms. The van der Waals surface area contributed by atoms with Gasteiger partial charge < -0.3 is 10.4 Å². The van der Waals surface area contributed by atoms with Crippen LogP contribution in [0.4, 0.5) is 0 Å². The highest BCUT2D eigenvalue weighted by Gasteiger charge is 2.28. The molecule has 1 aliphatic heterocycles. The number of aliphatic hydroxyl groups is 1. The van der Waals surface area contributed by atoms with E-state index in [1.165, 1.54) is 0 Å². The summed E-state index contributed by atoms with van der Waals surface area (Å²) in [6, 6.07) is 6.43. The first-order valence-corrected chi connectivity index (χ1v) is 7.05. The molecule has 4 nitrogen and oxygen atoms in total. The first-order valence-electron chi connectivity index (χ1n) is 7.05. The molecule has 1 saturated heterocycles. The molecular weight excluding hydrogens is 238 g/mol. The topological polar surface area (TPSA) is 48.4 Å². The molecule has 0 radical (unpaired) electrons. The van der Waals surface area contributed by atoms with Crippen LogP contribution in [0.2, 0.25) is 0 Å². The number of hydrogen-bond donors (Lipinski definition) is 2. The molecule has 0 aliphatic carbocycles. The molecule has 0 amide bonds. The molecule has 19 heavy (non-hydrogen) atoms. The van der Waals surface area contributed by atoms with Crippen LogP contribution in [-0.4, -0.2) is 47.3 Å². The van der Waals surface area contributed by atoms with Gasteiger partial charge in [-0.15, -0.1) is 0 Å². The van der Waals surface area contributed by atoms with E-state index in [1.807, 2.05) is 18.3 Å². The third-order valence-corrected chi connectivity index (χ3v) is 3.59. The summed E-state index contributed by atoms with van der Waals surface area (Å²) in [4.78, 5) is 6.86. The van der Waals surface area contributed by atoms with Crippen molar-refractivity contribution in [3.8, 4) is 0 Å². The summed E-state index contributed by atoms with van der Waals surface area (Å²) in [5.41, 5.74) is 1.36. The zero-order valence-corrected chi connectivity index (χ0v) is 12.0. The third-order valence-electron chi connectivity index (χ3n) is 3.59. The van der Waals surface area contributed by atoms with Crippen LogP contribution in [0.3, 0.4) is 0 Å². The van der Waals surface area contributed by atoms with Gasteiger partial charge in [0.05, 0.1) is 5.69 Å². The van der Waals surface area contributed by atoms with Crippen molar-refractivity contribution in [1.82, 2.24) is 15.2 Å². The van der Waals surface area contributed by atoms with Gasteiger partial charge in [0, 0.05) is 45.0 Å². The summed E-state index contributed by atoms with van der Waals surface area (Å²) < 4.78 is 0. The zero-order valence-electron chi connectivity index (χ0n) is 12.0. The summed E-state index contributed by atoms with van der Waals surface area (Å²) in [5, 5.41) is 12.7. The average Bonchev–Trinajstić information content (AvgIpc) is 2.50. The first-order chi connectivity index (χ1) is 9.09. The van der Waals surface area contributed by atoms with E-state index in [2.05, 4.69) is 35.1 Å². The average molecular weight is 263 g/mol. The van der Waals surface area contributed by atoms with Crippen molar-refractivity contribution in [2.75, 3.05) is 26.2 Å². The Morgan fingerprint density at radius 1 is 1.47 bits per heavy atom. The van der Waals surface area contributed by atoms with Crippen molar-refractivity contribution in [2.24, 2.45) is 5.41 Å². The molecule has 0 aromatic carbocycles. The molecule has 2 rings (SSSR count). The molecule has 1 aromatic rings. The third kappa shape index (κ3) is 4.56. The summed E-state index contributed by atoms with van der Waals surface area (Å²) >= 11 is 0. The maximum absolute atomic E-state index is 9.15. The van der Waals surface area contributed by atoms with E-state index in [1.54, 1.807) is 0 Å². The lowest BCUT2D eigenvalue weighted by atomic mass is 9.93. The lowest BCUT2D eigenvalue weighted by Gasteiger charge is -2.28. The van der Waals surface area contributed by atoms with Crippen LogP contribution in [-0.2, 0) is 6.54 Å². The monoisotopic (exact) mass is 263 g/mol. The highest BCUT2D eigenvalue weighted by Crippen LogP contribution is 2.21. The minimum Gasteiger partial charge on any atom is -0.396 e. The highest BCUT2D eigenvalue weighted by atomic mass is 16.3. The van der Waals surface area contributed by atoms with Crippen molar-refractivity contribution in [1.29, 1.82) is 0 Å². The van der Waals surface area contributed by atoms with Crippen LogP contribution >= 0.6 is 0 Å². The lowest BCUT2D eigenvalue weighted by molar-refractivity contribution is 0.186. The van der Waals surface area contributed by atoms with E-state index in [0.29, 0.717) is 6.04 Å². The maximum Gasteiger partial charge on any atom is 0.0543 e. The van der Waals surface area contributed by atoms with Gasteiger partial charge in [0.1, 0.15) is 0 Å². The molecule has 0 saturated carbocycles. The van der Waals surface area contributed by atoms with Gasteiger partial charge in [-0.05, 0) is 24.0 Å². The van der Waals surface area contributed by atoms with Crippen molar-refractivity contribution >= 4 is 0 Å². The minimum atomic E-state index is 0.246. The summed E-state index contributed by atoms with van der Waals surface area (Å²) in [5.74, 6) is 0. The molecule has 2 N–H and O–H groups in total. The van der Waals surface area contributed by atoms with E-state index >= 15 is 0 Å². The highest BCUT2D eigenvalue weighted by molar-refractivity contribution is 5.04. The smallest absolute Gasteiger partial charge is 0.0543 e. The Morgan fingerprint density at radius 3 is 3.00 bits per heavy atom. The van der Waals surface area contributed by atoms with Crippen molar-refractivity contribution < 1.29 is 5.11 Å². The Balaban J connectivity index is 2.03. The Kier molecular flexibility index (Phi) is 4.91. The van der Waals surface area contributed by atoms with Gasteiger partial charge in [-0.3, -0.25) is 9.88 Å². The molecule has 1 atom stereocenters. The van der Waals surface area contributed by atoms with E-state index in [-0.39, 0.29) is 12.0 Å². The maximum atomic E-state index is 9.15. The van der Waals surface area contributed by atoms with E-state index in [9.17, 15) is 0 Å². The van der Waals surface area contributed by atoms with Crippen LogP contribution in [0.15, 0.2) is 24.4 Å². The predicted molar refractivity (Wildman–Crippen MR) is 76.8 cm³/mol. The fourth-order valence-corrected chi connectivity index (χ4v) is 2.71. The minimum absolute atomic E-state index is 0.246. The van der Waals surface area contributed by atoms with Gasteiger partial charge >= 0.3 is 0 Å². The molecule has 1 aromatic heterocycles. The van der Waals surface area contributed by atoms with Crippen molar-refractivity contribution in [3.63, 3.8) is 0 Å². The van der Waals surface area contributed by atoms with E-state index < -0.39 is 0 Å². The van der Waals surface area contributed by atoms with E-state index in [0.717, 1.165) is 38.3 Å². The van der Waals surface area contributed by atoms with Crippen molar-refractivity contribution in [2.45, 2.75) is 32.9 Å². The van der Waals surface area contributed by atoms with Crippen LogP contribution < -0.4 is 5.32 Å². The molecule has 4 heteroatoms. The second-order valence-electron chi connectivity index (χ2n) is 6.25. The molecule has 1 unspecified atom stereocenters. The predicted octanol–water partition coefficient (Wildman–Crippen LogP) is 1.26. The number of aliphatic hydroxyl groups excluding tert-OH is 1. The number of hydrogen-bond acceptors (Lipinski definition) is 4. The fraction of sp³-hybridized carbons (Fsp3) is 0.667. The van der Waals surface area contributed by atoms with Gasteiger partial charge in [0.25, 0.3) is 0 Å². The van der Waals surface area contributed by atoms with Crippen molar-refractivity contribution in [3.05, 3.63) is 30.1 Å². The SMILES string of the molecule is CC1(C)CNC(CCO)CN(Cc2ccccn2)C1. The number of rotatable bonds is 4. The van der Waals surface area contributed by atoms with Crippen LogP contribution in [0.1, 0.15) is 26.0 Å².